The Labute approximate surface area is 162 Å². The van der Waals surface area contributed by atoms with Crippen molar-refractivity contribution >= 4 is 17.5 Å². The van der Waals surface area contributed by atoms with Crippen LogP contribution in [0.2, 0.25) is 0 Å². The minimum atomic E-state index is 0.0954. The number of amides is 2. The molecule has 1 aromatic carbocycles. The first-order chi connectivity index (χ1) is 13.1. The molecule has 3 rings (SSSR count). The highest BCUT2D eigenvalue weighted by molar-refractivity contribution is 5.90. The molecule has 2 fully saturated rings. The van der Waals surface area contributed by atoms with E-state index >= 15 is 0 Å². The van der Waals surface area contributed by atoms with Gasteiger partial charge in [0.25, 0.3) is 0 Å². The fraction of sp³-hybridized carbons (Fsp3) is 0.636. The Hall–Kier alpha value is -1.88. The van der Waals surface area contributed by atoms with Gasteiger partial charge < -0.3 is 15.5 Å². The molecule has 2 aliphatic heterocycles. The quantitative estimate of drug-likeness (QED) is 0.774. The summed E-state index contributed by atoms with van der Waals surface area (Å²) in [6.07, 6.45) is 6.51. The zero-order chi connectivity index (χ0) is 19.1. The number of carbonyl (C=O) groups excluding carboxylic acids is 2. The molecule has 1 atom stereocenters. The Kier molecular flexibility index (Phi) is 7.27. The lowest BCUT2D eigenvalue weighted by molar-refractivity contribution is -0.130. The monoisotopic (exact) mass is 371 g/mol. The summed E-state index contributed by atoms with van der Waals surface area (Å²) in [6.45, 7) is 6.16. The van der Waals surface area contributed by atoms with Gasteiger partial charge in [0.1, 0.15) is 0 Å². The van der Waals surface area contributed by atoms with Crippen molar-refractivity contribution in [2.45, 2.75) is 51.9 Å². The summed E-state index contributed by atoms with van der Waals surface area (Å²) in [4.78, 5) is 26.4. The van der Waals surface area contributed by atoms with Gasteiger partial charge in [-0.15, -0.1) is 0 Å². The number of likely N-dealkylation sites (tertiary alicyclic amines) is 1. The van der Waals surface area contributed by atoms with Gasteiger partial charge in [0.15, 0.2) is 0 Å². The van der Waals surface area contributed by atoms with Crippen LogP contribution in [0.3, 0.4) is 0 Å². The molecule has 2 N–H and O–H groups in total. The van der Waals surface area contributed by atoms with Crippen molar-refractivity contribution in [3.05, 3.63) is 29.8 Å². The summed E-state index contributed by atoms with van der Waals surface area (Å²) in [5, 5.41) is 6.40. The molecule has 5 nitrogen and oxygen atoms in total. The van der Waals surface area contributed by atoms with Crippen LogP contribution in [0.4, 0.5) is 5.69 Å². The molecule has 2 heterocycles. The zero-order valence-electron chi connectivity index (χ0n) is 16.5. The highest BCUT2D eigenvalue weighted by Crippen LogP contribution is 2.24. The second-order valence-corrected chi connectivity index (χ2v) is 8.10. The van der Waals surface area contributed by atoms with Gasteiger partial charge in [0.2, 0.25) is 11.8 Å². The second-order valence-electron chi connectivity index (χ2n) is 8.10. The molecule has 0 spiro atoms. The van der Waals surface area contributed by atoms with Crippen LogP contribution >= 0.6 is 0 Å². The molecule has 0 radical (unpaired) electrons. The lowest BCUT2D eigenvalue weighted by atomic mass is 9.84. The van der Waals surface area contributed by atoms with E-state index in [4.69, 9.17) is 0 Å². The van der Waals surface area contributed by atoms with E-state index in [1.165, 1.54) is 12.8 Å². The number of aryl methyl sites for hydroxylation is 1. The van der Waals surface area contributed by atoms with Gasteiger partial charge >= 0.3 is 0 Å². The Balaban J connectivity index is 1.41. The molecular formula is C22H33N3O2. The predicted octanol–water partition coefficient (Wildman–Crippen LogP) is 3.21. The van der Waals surface area contributed by atoms with Gasteiger partial charge in [-0.2, -0.15) is 0 Å². The SMILES string of the molecule is CC(CC(=O)Nc1ccc(CCC(=O)N2CCCC2)cc1)C1CCNCC1. The number of nitrogens with one attached hydrogen (secondary N) is 2. The van der Waals surface area contributed by atoms with Crippen LogP contribution < -0.4 is 10.6 Å². The molecule has 5 heteroatoms. The van der Waals surface area contributed by atoms with E-state index in [9.17, 15) is 9.59 Å². The van der Waals surface area contributed by atoms with Crippen molar-refractivity contribution < 1.29 is 9.59 Å². The van der Waals surface area contributed by atoms with E-state index in [1.54, 1.807) is 0 Å². The summed E-state index contributed by atoms with van der Waals surface area (Å²) < 4.78 is 0. The zero-order valence-corrected chi connectivity index (χ0v) is 16.5. The lowest BCUT2D eigenvalue weighted by Gasteiger charge is -2.27. The van der Waals surface area contributed by atoms with Crippen LogP contribution in [0.5, 0.6) is 0 Å². The second kappa shape index (κ2) is 9.88. The van der Waals surface area contributed by atoms with Crippen LogP contribution in [0, 0.1) is 11.8 Å². The molecule has 1 aromatic rings. The van der Waals surface area contributed by atoms with Gasteiger partial charge in [-0.05, 0) is 74.7 Å². The van der Waals surface area contributed by atoms with Gasteiger partial charge in [0, 0.05) is 31.6 Å². The fourth-order valence-corrected chi connectivity index (χ4v) is 4.22. The Morgan fingerprint density at radius 2 is 1.81 bits per heavy atom. The number of hydrogen-bond acceptors (Lipinski definition) is 3. The van der Waals surface area contributed by atoms with Crippen molar-refractivity contribution in [3.8, 4) is 0 Å². The Bertz CT molecular complexity index is 617. The number of rotatable bonds is 7. The van der Waals surface area contributed by atoms with E-state index in [2.05, 4.69) is 17.6 Å². The number of hydrogen-bond donors (Lipinski definition) is 2. The topological polar surface area (TPSA) is 61.4 Å². The van der Waals surface area contributed by atoms with Gasteiger partial charge in [-0.1, -0.05) is 19.1 Å². The molecule has 2 saturated heterocycles. The first-order valence-electron chi connectivity index (χ1n) is 10.5. The molecule has 27 heavy (non-hydrogen) atoms. The third-order valence-electron chi connectivity index (χ3n) is 6.02. The smallest absolute Gasteiger partial charge is 0.224 e. The van der Waals surface area contributed by atoms with Crippen LogP contribution in [-0.2, 0) is 16.0 Å². The molecule has 148 valence electrons. The highest BCUT2D eigenvalue weighted by atomic mass is 16.2. The first-order valence-corrected chi connectivity index (χ1v) is 10.5. The number of anilines is 1. The predicted molar refractivity (Wildman–Crippen MR) is 109 cm³/mol. The molecule has 2 amide bonds. The molecule has 2 aliphatic rings. The average molecular weight is 372 g/mol. The maximum absolute atomic E-state index is 12.3. The summed E-state index contributed by atoms with van der Waals surface area (Å²) in [5.41, 5.74) is 1.98. The normalized spacial score (nSPS) is 19.1. The van der Waals surface area contributed by atoms with E-state index in [-0.39, 0.29) is 11.8 Å². The van der Waals surface area contributed by atoms with E-state index in [1.807, 2.05) is 29.2 Å². The molecule has 0 saturated carbocycles. The van der Waals surface area contributed by atoms with Crippen molar-refractivity contribution in [2.75, 3.05) is 31.5 Å². The number of carbonyl (C=O) groups is 2. The van der Waals surface area contributed by atoms with Crippen LogP contribution in [0.15, 0.2) is 24.3 Å². The van der Waals surface area contributed by atoms with Gasteiger partial charge in [-0.3, -0.25) is 9.59 Å². The van der Waals surface area contributed by atoms with Crippen LogP contribution in [0.1, 0.15) is 51.0 Å². The molecule has 0 aliphatic carbocycles. The van der Waals surface area contributed by atoms with Crippen molar-refractivity contribution in [3.63, 3.8) is 0 Å². The third kappa shape index (κ3) is 6.06. The maximum Gasteiger partial charge on any atom is 0.224 e. The third-order valence-corrected chi connectivity index (χ3v) is 6.02. The molecular weight excluding hydrogens is 338 g/mol. The van der Waals surface area contributed by atoms with Gasteiger partial charge in [0.05, 0.1) is 0 Å². The number of nitrogens with zero attached hydrogens (tertiary/aromatic N) is 1. The van der Waals surface area contributed by atoms with Gasteiger partial charge in [-0.25, -0.2) is 0 Å². The standard InChI is InChI=1S/C22H33N3O2/c1-17(19-10-12-23-13-11-19)16-21(26)24-20-7-4-18(5-8-20)6-9-22(27)25-14-2-3-15-25/h4-5,7-8,17,19,23H,2-3,6,9-16H2,1H3,(H,24,26). The lowest BCUT2D eigenvalue weighted by Crippen LogP contribution is -2.32. The summed E-state index contributed by atoms with van der Waals surface area (Å²) >= 11 is 0. The van der Waals surface area contributed by atoms with Crippen LogP contribution in [-0.4, -0.2) is 42.9 Å². The van der Waals surface area contributed by atoms with Crippen molar-refractivity contribution in [1.29, 1.82) is 0 Å². The van der Waals surface area contributed by atoms with E-state index in [0.29, 0.717) is 24.7 Å². The largest absolute Gasteiger partial charge is 0.343 e. The minimum Gasteiger partial charge on any atom is -0.343 e. The minimum absolute atomic E-state index is 0.0954. The van der Waals surface area contributed by atoms with Crippen molar-refractivity contribution in [2.24, 2.45) is 11.8 Å². The van der Waals surface area contributed by atoms with E-state index < -0.39 is 0 Å². The number of piperidine rings is 1. The Morgan fingerprint density at radius 1 is 1.15 bits per heavy atom. The van der Waals surface area contributed by atoms with E-state index in [0.717, 1.165) is 56.7 Å². The first kappa shape index (κ1) is 19.9. The molecule has 1 unspecified atom stereocenters. The summed E-state index contributed by atoms with van der Waals surface area (Å²) in [6, 6.07) is 7.93. The average Bonchev–Trinajstić information content (AvgIpc) is 3.23. The maximum atomic E-state index is 12.3. The summed E-state index contributed by atoms with van der Waals surface area (Å²) in [5.74, 6) is 1.42. The van der Waals surface area contributed by atoms with Crippen LogP contribution in [0.25, 0.3) is 0 Å². The highest BCUT2D eigenvalue weighted by Gasteiger charge is 2.22. The molecule has 0 bridgehead atoms. The fourth-order valence-electron chi connectivity index (χ4n) is 4.22. The van der Waals surface area contributed by atoms with Crippen molar-refractivity contribution in [1.82, 2.24) is 10.2 Å². The molecule has 0 aromatic heterocycles. The number of benzene rings is 1. The summed E-state index contributed by atoms with van der Waals surface area (Å²) in [7, 11) is 0. The Morgan fingerprint density at radius 3 is 2.48 bits per heavy atom.